The first-order valence-corrected chi connectivity index (χ1v) is 11.6. The van der Waals surface area contributed by atoms with Gasteiger partial charge in [-0.25, -0.2) is 0 Å². The van der Waals surface area contributed by atoms with E-state index in [1.165, 1.54) is 25.3 Å². The smallest absolute Gasteiger partial charge is 0.450 e. The SMILES string of the molecule is COc1ccccc1-c1c(C(F)(F)F)oc2c3c(ccc2c1=O)OCN(CCc1ccc(Cl)cc1)C3. The van der Waals surface area contributed by atoms with Crippen LogP contribution in [0.2, 0.25) is 5.02 Å². The van der Waals surface area contributed by atoms with E-state index in [4.69, 9.17) is 25.5 Å². The fraction of sp³-hybridized carbons (Fsp3) is 0.222. The maximum atomic E-state index is 14.2. The number of para-hydroxylation sites is 1. The van der Waals surface area contributed by atoms with Crippen molar-refractivity contribution >= 4 is 22.6 Å². The average molecular weight is 516 g/mol. The standard InChI is InChI=1S/C27H21ClF3NO4/c1-34-21-5-3-2-4-18(21)23-24(33)19-10-11-22-20(25(19)36-26(23)27(29,30)31)14-32(15-35-22)13-12-16-6-8-17(28)9-7-16/h2-11H,12-15H2,1H3. The van der Waals surface area contributed by atoms with Crippen LogP contribution in [0.4, 0.5) is 13.2 Å². The van der Waals surface area contributed by atoms with Gasteiger partial charge in [-0.05, 0) is 42.3 Å². The van der Waals surface area contributed by atoms with Crippen LogP contribution in [0.1, 0.15) is 16.9 Å². The Hall–Kier alpha value is -3.49. The lowest BCUT2D eigenvalue weighted by Crippen LogP contribution is -2.34. The molecule has 0 unspecified atom stereocenters. The Morgan fingerprint density at radius 3 is 2.53 bits per heavy atom. The van der Waals surface area contributed by atoms with Crippen LogP contribution < -0.4 is 14.9 Å². The van der Waals surface area contributed by atoms with E-state index in [1.807, 2.05) is 17.0 Å². The molecular weight excluding hydrogens is 495 g/mol. The third kappa shape index (κ3) is 4.54. The Balaban J connectivity index is 1.58. The number of hydrogen-bond donors (Lipinski definition) is 0. The quantitative estimate of drug-likeness (QED) is 0.302. The number of fused-ring (bicyclic) bond motifs is 3. The van der Waals surface area contributed by atoms with Crippen molar-refractivity contribution in [3.8, 4) is 22.6 Å². The molecule has 0 radical (unpaired) electrons. The summed E-state index contributed by atoms with van der Waals surface area (Å²) in [6.45, 7) is 1.13. The highest BCUT2D eigenvalue weighted by molar-refractivity contribution is 6.30. The second-order valence-corrected chi connectivity index (χ2v) is 8.89. The van der Waals surface area contributed by atoms with Gasteiger partial charge in [-0.3, -0.25) is 9.69 Å². The molecule has 0 aliphatic carbocycles. The van der Waals surface area contributed by atoms with Gasteiger partial charge in [0, 0.05) is 23.7 Å². The molecule has 4 aromatic rings. The van der Waals surface area contributed by atoms with Crippen LogP contribution in [0.15, 0.2) is 69.9 Å². The molecule has 0 bridgehead atoms. The van der Waals surface area contributed by atoms with E-state index >= 15 is 0 Å². The van der Waals surface area contributed by atoms with E-state index in [9.17, 15) is 18.0 Å². The molecule has 9 heteroatoms. The zero-order chi connectivity index (χ0) is 25.4. The van der Waals surface area contributed by atoms with Crippen molar-refractivity contribution in [3.63, 3.8) is 0 Å². The van der Waals surface area contributed by atoms with Gasteiger partial charge in [0.25, 0.3) is 0 Å². The fourth-order valence-electron chi connectivity index (χ4n) is 4.39. The number of methoxy groups -OCH3 is 1. The van der Waals surface area contributed by atoms with E-state index in [1.54, 1.807) is 30.3 Å². The fourth-order valence-corrected chi connectivity index (χ4v) is 4.51. The minimum atomic E-state index is -4.91. The van der Waals surface area contributed by atoms with Gasteiger partial charge >= 0.3 is 6.18 Å². The van der Waals surface area contributed by atoms with Gasteiger partial charge in [-0.2, -0.15) is 13.2 Å². The minimum Gasteiger partial charge on any atom is -0.496 e. The Kier molecular flexibility index (Phi) is 6.40. The van der Waals surface area contributed by atoms with E-state index in [0.29, 0.717) is 29.3 Å². The average Bonchev–Trinajstić information content (AvgIpc) is 2.87. The largest absolute Gasteiger partial charge is 0.496 e. The Bertz CT molecular complexity index is 1480. The van der Waals surface area contributed by atoms with Crippen LogP contribution in [0.5, 0.6) is 11.5 Å². The lowest BCUT2D eigenvalue weighted by Gasteiger charge is -2.29. The van der Waals surface area contributed by atoms with E-state index in [0.717, 1.165) is 5.56 Å². The van der Waals surface area contributed by atoms with Crippen molar-refractivity contribution in [2.24, 2.45) is 0 Å². The molecule has 3 aromatic carbocycles. The van der Waals surface area contributed by atoms with Crippen LogP contribution in [0.25, 0.3) is 22.1 Å². The van der Waals surface area contributed by atoms with Crippen molar-refractivity contribution < 1.29 is 27.1 Å². The monoisotopic (exact) mass is 515 g/mol. The van der Waals surface area contributed by atoms with Gasteiger partial charge in [0.05, 0.1) is 23.6 Å². The first-order chi connectivity index (χ1) is 17.3. The summed E-state index contributed by atoms with van der Waals surface area (Å²) in [5.74, 6) is -0.827. The van der Waals surface area contributed by atoms with Crippen molar-refractivity contribution in [3.05, 3.63) is 92.8 Å². The summed E-state index contributed by atoms with van der Waals surface area (Å²) in [5.41, 5.74) is -0.00132. The summed E-state index contributed by atoms with van der Waals surface area (Å²) in [6.07, 6.45) is -4.22. The molecule has 5 rings (SSSR count). The van der Waals surface area contributed by atoms with Crippen molar-refractivity contribution in [2.75, 3.05) is 20.4 Å². The Labute approximate surface area is 209 Å². The summed E-state index contributed by atoms with van der Waals surface area (Å²) in [7, 11) is 1.33. The van der Waals surface area contributed by atoms with Crippen LogP contribution in [-0.2, 0) is 19.1 Å². The van der Waals surface area contributed by atoms with Crippen LogP contribution in [0, 0.1) is 0 Å². The highest BCUT2D eigenvalue weighted by Crippen LogP contribution is 2.42. The van der Waals surface area contributed by atoms with E-state index in [-0.39, 0.29) is 35.6 Å². The molecule has 36 heavy (non-hydrogen) atoms. The summed E-state index contributed by atoms with van der Waals surface area (Å²) in [5, 5.41) is 0.689. The van der Waals surface area contributed by atoms with Crippen LogP contribution in [-0.4, -0.2) is 25.3 Å². The van der Waals surface area contributed by atoms with Crippen LogP contribution in [0.3, 0.4) is 0 Å². The van der Waals surface area contributed by atoms with Crippen molar-refractivity contribution in [2.45, 2.75) is 19.1 Å². The number of ether oxygens (including phenoxy) is 2. The van der Waals surface area contributed by atoms with Gasteiger partial charge in [0.15, 0.2) is 0 Å². The predicted molar refractivity (Wildman–Crippen MR) is 131 cm³/mol. The highest BCUT2D eigenvalue weighted by Gasteiger charge is 2.40. The number of nitrogens with zero attached hydrogens (tertiary/aromatic N) is 1. The number of rotatable bonds is 5. The summed E-state index contributed by atoms with van der Waals surface area (Å²) >= 11 is 5.94. The molecule has 1 aliphatic rings. The van der Waals surface area contributed by atoms with Gasteiger partial charge in [-0.1, -0.05) is 41.9 Å². The lowest BCUT2D eigenvalue weighted by molar-refractivity contribution is -0.152. The maximum Gasteiger partial charge on any atom is 0.450 e. The number of hydrogen-bond acceptors (Lipinski definition) is 5. The first-order valence-electron chi connectivity index (χ1n) is 11.2. The molecular formula is C27H21ClF3NO4. The summed E-state index contributed by atoms with van der Waals surface area (Å²) in [6, 6.07) is 16.6. The van der Waals surface area contributed by atoms with Crippen LogP contribution >= 0.6 is 11.6 Å². The molecule has 0 atom stereocenters. The molecule has 1 aromatic heterocycles. The third-order valence-electron chi connectivity index (χ3n) is 6.17. The molecule has 0 saturated carbocycles. The molecule has 2 heterocycles. The zero-order valence-corrected chi connectivity index (χ0v) is 19.9. The summed E-state index contributed by atoms with van der Waals surface area (Å²) in [4.78, 5) is 15.4. The number of benzene rings is 3. The third-order valence-corrected chi connectivity index (χ3v) is 6.42. The molecule has 186 valence electrons. The lowest BCUT2D eigenvalue weighted by atomic mass is 9.99. The molecule has 0 amide bonds. The predicted octanol–water partition coefficient (Wildman–Crippen LogP) is 6.54. The van der Waals surface area contributed by atoms with E-state index < -0.39 is 22.9 Å². The molecule has 0 fully saturated rings. The van der Waals surface area contributed by atoms with Gasteiger partial charge < -0.3 is 13.9 Å². The molecule has 5 nitrogen and oxygen atoms in total. The van der Waals surface area contributed by atoms with Crippen molar-refractivity contribution in [1.29, 1.82) is 0 Å². The van der Waals surface area contributed by atoms with E-state index in [2.05, 4.69) is 0 Å². The summed E-state index contributed by atoms with van der Waals surface area (Å²) < 4.78 is 59.1. The topological polar surface area (TPSA) is 51.9 Å². The van der Waals surface area contributed by atoms with Crippen molar-refractivity contribution in [1.82, 2.24) is 4.90 Å². The number of halogens is 4. The molecule has 0 N–H and O–H groups in total. The first kappa shape index (κ1) is 24.2. The van der Waals surface area contributed by atoms with Gasteiger partial charge in [0.2, 0.25) is 11.2 Å². The van der Waals surface area contributed by atoms with Gasteiger partial charge in [-0.15, -0.1) is 0 Å². The molecule has 1 aliphatic heterocycles. The Morgan fingerprint density at radius 2 is 1.81 bits per heavy atom. The minimum absolute atomic E-state index is 0.0153. The Morgan fingerprint density at radius 1 is 1.06 bits per heavy atom. The molecule has 0 spiro atoms. The second kappa shape index (κ2) is 9.52. The van der Waals surface area contributed by atoms with Gasteiger partial charge in [0.1, 0.15) is 23.8 Å². The zero-order valence-electron chi connectivity index (χ0n) is 19.2. The second-order valence-electron chi connectivity index (χ2n) is 8.45. The number of alkyl halides is 3. The highest BCUT2D eigenvalue weighted by atomic mass is 35.5. The normalized spacial score (nSPS) is 13.9. The maximum absolute atomic E-state index is 14.2. The molecule has 0 saturated heterocycles.